The lowest BCUT2D eigenvalue weighted by Crippen LogP contribution is -2.23. The molecule has 0 bridgehead atoms. The number of nitrogens with one attached hydrogen (secondary N) is 1. The summed E-state index contributed by atoms with van der Waals surface area (Å²) in [5.41, 5.74) is 6.95. The summed E-state index contributed by atoms with van der Waals surface area (Å²) in [6, 6.07) is 8.19. The van der Waals surface area contributed by atoms with Crippen LogP contribution in [0.1, 0.15) is 38.5 Å². The maximum absolute atomic E-state index is 6.03. The first-order valence-electron chi connectivity index (χ1n) is 8.00. The Balaban J connectivity index is 0.00000176. The van der Waals surface area contributed by atoms with E-state index in [2.05, 4.69) is 10.3 Å². The molecule has 0 aromatic heterocycles. The normalized spacial score (nSPS) is 25.2. The van der Waals surface area contributed by atoms with Crippen molar-refractivity contribution in [1.82, 2.24) is 0 Å². The minimum atomic E-state index is 0. The fourth-order valence-electron chi connectivity index (χ4n) is 3.48. The number of halogens is 1. The van der Waals surface area contributed by atoms with Crippen molar-refractivity contribution in [2.24, 2.45) is 22.6 Å². The van der Waals surface area contributed by atoms with Gasteiger partial charge in [-0.15, -0.1) is 24.0 Å². The summed E-state index contributed by atoms with van der Waals surface area (Å²) in [6.45, 7) is 0. The lowest BCUT2D eigenvalue weighted by molar-refractivity contribution is 0.318. The molecule has 2 atom stereocenters. The third-order valence-corrected chi connectivity index (χ3v) is 4.71. The quantitative estimate of drug-likeness (QED) is 0.444. The van der Waals surface area contributed by atoms with Gasteiger partial charge >= 0.3 is 0 Å². The Kier molecular flexibility index (Phi) is 6.35. The van der Waals surface area contributed by atoms with Crippen molar-refractivity contribution >= 4 is 35.6 Å². The smallest absolute Gasteiger partial charge is 0.193 e. The Labute approximate surface area is 149 Å². The van der Waals surface area contributed by atoms with Gasteiger partial charge in [0, 0.05) is 11.8 Å². The fourth-order valence-corrected chi connectivity index (χ4v) is 3.48. The van der Waals surface area contributed by atoms with E-state index in [0.717, 1.165) is 23.3 Å². The van der Waals surface area contributed by atoms with Gasteiger partial charge in [-0.1, -0.05) is 38.2 Å². The summed E-state index contributed by atoms with van der Waals surface area (Å²) in [5.74, 6) is 3.00. The molecule has 0 radical (unpaired) electrons. The van der Waals surface area contributed by atoms with Crippen molar-refractivity contribution in [2.45, 2.75) is 44.6 Å². The van der Waals surface area contributed by atoms with Gasteiger partial charge in [-0.05, 0) is 30.4 Å². The number of guanidine groups is 1. The molecular weight excluding hydrogens is 389 g/mol. The van der Waals surface area contributed by atoms with Crippen LogP contribution in [-0.2, 0) is 0 Å². The average Bonchev–Trinajstić information content (AvgIpc) is 3.27. The Morgan fingerprint density at radius 3 is 2.77 bits per heavy atom. The highest BCUT2D eigenvalue weighted by molar-refractivity contribution is 14.0. The lowest BCUT2D eigenvalue weighted by atomic mass is 9.85. The third-order valence-electron chi connectivity index (χ3n) is 4.71. The summed E-state index contributed by atoms with van der Waals surface area (Å²) >= 11 is 0. The van der Waals surface area contributed by atoms with Crippen molar-refractivity contribution in [3.63, 3.8) is 0 Å². The molecule has 4 nitrogen and oxygen atoms in total. The summed E-state index contributed by atoms with van der Waals surface area (Å²) in [6.07, 6.45) is 8.20. The molecule has 2 fully saturated rings. The summed E-state index contributed by atoms with van der Waals surface area (Å²) in [5, 5.41) is 3.16. The number of nitrogens with zero attached hydrogens (tertiary/aromatic N) is 1. The third kappa shape index (κ3) is 4.51. The van der Waals surface area contributed by atoms with Gasteiger partial charge in [0.15, 0.2) is 5.96 Å². The Morgan fingerprint density at radius 1 is 1.27 bits per heavy atom. The number of rotatable bonds is 4. The zero-order chi connectivity index (χ0) is 14.7. The summed E-state index contributed by atoms with van der Waals surface area (Å²) in [7, 11) is 1.66. The summed E-state index contributed by atoms with van der Waals surface area (Å²) < 4.78 is 5.21. The second-order valence-electron chi connectivity index (χ2n) is 6.24. The minimum absolute atomic E-state index is 0. The number of benzene rings is 1. The molecule has 22 heavy (non-hydrogen) atoms. The number of anilines is 1. The molecular formula is C17H26IN3O. The number of ether oxygens (including phenoxy) is 1. The number of hydrogen-bond acceptors (Lipinski definition) is 2. The molecule has 0 amide bonds. The van der Waals surface area contributed by atoms with Crippen molar-refractivity contribution in [1.29, 1.82) is 0 Å². The van der Waals surface area contributed by atoms with Crippen molar-refractivity contribution in [3.8, 4) is 5.75 Å². The monoisotopic (exact) mass is 415 g/mol. The van der Waals surface area contributed by atoms with E-state index in [4.69, 9.17) is 10.5 Å². The first-order valence-corrected chi connectivity index (χ1v) is 8.00. The number of aliphatic imine (C=N–C) groups is 1. The van der Waals surface area contributed by atoms with Gasteiger partial charge in [0.05, 0.1) is 13.2 Å². The largest absolute Gasteiger partial charge is 0.497 e. The van der Waals surface area contributed by atoms with E-state index in [9.17, 15) is 0 Å². The molecule has 0 heterocycles. The van der Waals surface area contributed by atoms with E-state index < -0.39 is 0 Å². The minimum Gasteiger partial charge on any atom is -0.497 e. The fraction of sp³-hybridized carbons (Fsp3) is 0.588. The molecule has 0 saturated heterocycles. The second-order valence-corrected chi connectivity index (χ2v) is 6.24. The number of hydrogen-bond donors (Lipinski definition) is 2. The SMILES string of the molecule is COc1cccc(NC(N)=N[C@@H]2C[C@H]2C2CCCCC2)c1.I. The van der Waals surface area contributed by atoms with Crippen LogP contribution in [0.5, 0.6) is 5.75 Å². The molecule has 1 aromatic carbocycles. The molecule has 0 aliphatic heterocycles. The van der Waals surface area contributed by atoms with Gasteiger partial charge < -0.3 is 15.8 Å². The molecule has 2 aliphatic carbocycles. The molecule has 0 unspecified atom stereocenters. The molecule has 3 N–H and O–H groups in total. The lowest BCUT2D eigenvalue weighted by Gasteiger charge is -2.21. The molecule has 2 saturated carbocycles. The molecule has 1 aromatic rings. The predicted octanol–water partition coefficient (Wildman–Crippen LogP) is 4.01. The molecule has 122 valence electrons. The number of methoxy groups -OCH3 is 1. The van der Waals surface area contributed by atoms with Crippen LogP contribution in [0.25, 0.3) is 0 Å². The van der Waals surface area contributed by atoms with Gasteiger partial charge in [-0.2, -0.15) is 0 Å². The van der Waals surface area contributed by atoms with Crippen LogP contribution >= 0.6 is 24.0 Å². The van der Waals surface area contributed by atoms with E-state index in [1.165, 1.54) is 38.5 Å². The zero-order valence-corrected chi connectivity index (χ0v) is 15.5. The van der Waals surface area contributed by atoms with Crippen molar-refractivity contribution in [3.05, 3.63) is 24.3 Å². The Hall–Kier alpha value is -0.980. The highest BCUT2D eigenvalue weighted by Crippen LogP contribution is 2.46. The first-order chi connectivity index (χ1) is 10.3. The highest BCUT2D eigenvalue weighted by Gasteiger charge is 2.43. The second kappa shape index (κ2) is 8.04. The van der Waals surface area contributed by atoms with Crippen LogP contribution < -0.4 is 15.8 Å². The maximum atomic E-state index is 6.03. The molecule has 5 heteroatoms. The van der Waals surface area contributed by atoms with Crippen LogP contribution in [0.4, 0.5) is 5.69 Å². The Morgan fingerprint density at radius 2 is 2.05 bits per heavy atom. The van der Waals surface area contributed by atoms with Crippen molar-refractivity contribution < 1.29 is 4.74 Å². The van der Waals surface area contributed by atoms with Crippen LogP contribution in [0, 0.1) is 11.8 Å². The topological polar surface area (TPSA) is 59.6 Å². The van der Waals surface area contributed by atoms with E-state index >= 15 is 0 Å². The van der Waals surface area contributed by atoms with Crippen molar-refractivity contribution in [2.75, 3.05) is 12.4 Å². The maximum Gasteiger partial charge on any atom is 0.193 e. The first kappa shape index (κ1) is 17.4. The van der Waals surface area contributed by atoms with E-state index in [1.54, 1.807) is 7.11 Å². The predicted molar refractivity (Wildman–Crippen MR) is 102 cm³/mol. The van der Waals surface area contributed by atoms with Gasteiger partial charge in [-0.25, -0.2) is 4.99 Å². The highest BCUT2D eigenvalue weighted by atomic mass is 127. The molecule has 0 spiro atoms. The van der Waals surface area contributed by atoms with Gasteiger partial charge in [-0.3, -0.25) is 0 Å². The van der Waals surface area contributed by atoms with E-state index in [0.29, 0.717) is 12.0 Å². The number of nitrogens with two attached hydrogens (primary N) is 1. The van der Waals surface area contributed by atoms with Crippen LogP contribution in [0.3, 0.4) is 0 Å². The molecule has 3 rings (SSSR count). The molecule has 2 aliphatic rings. The van der Waals surface area contributed by atoms with E-state index in [1.807, 2.05) is 24.3 Å². The Bertz CT molecular complexity index is 514. The van der Waals surface area contributed by atoms with E-state index in [-0.39, 0.29) is 24.0 Å². The summed E-state index contributed by atoms with van der Waals surface area (Å²) in [4.78, 5) is 4.64. The zero-order valence-electron chi connectivity index (χ0n) is 13.1. The van der Waals surface area contributed by atoms with Crippen LogP contribution in [-0.4, -0.2) is 19.1 Å². The van der Waals surface area contributed by atoms with Crippen LogP contribution in [0.2, 0.25) is 0 Å². The van der Waals surface area contributed by atoms with Gasteiger partial charge in [0.2, 0.25) is 0 Å². The standard InChI is InChI=1S/C17H25N3O.HI/c1-21-14-9-5-8-13(10-14)19-17(18)20-16-11-15(16)12-6-3-2-4-7-12;/h5,8-10,12,15-16H,2-4,6-7,11H2,1H3,(H3,18,19,20);1H/t15-,16+;/m0./s1. The van der Waals surface area contributed by atoms with Gasteiger partial charge in [0.1, 0.15) is 5.75 Å². The van der Waals surface area contributed by atoms with Gasteiger partial charge in [0.25, 0.3) is 0 Å². The van der Waals surface area contributed by atoms with Crippen LogP contribution in [0.15, 0.2) is 29.3 Å². The average molecular weight is 415 g/mol.